The summed E-state index contributed by atoms with van der Waals surface area (Å²) in [6, 6.07) is -0.341. The van der Waals surface area contributed by atoms with Crippen LogP contribution in [0.3, 0.4) is 0 Å². The van der Waals surface area contributed by atoms with Crippen molar-refractivity contribution < 1.29 is 14.7 Å². The molecule has 0 aliphatic rings. The Bertz CT molecular complexity index is 254. The third kappa shape index (κ3) is 4.18. The standard InChI is InChI=1S/C11H22N2O3/c1-6-13(9(3)14)8(2)10(15)7-11(16)12(4)5/h8,10,15H,6-7H2,1-5H3. The fraction of sp³-hybridized carbons (Fsp3) is 0.818. The van der Waals surface area contributed by atoms with Crippen LogP contribution in [0.2, 0.25) is 0 Å². The van der Waals surface area contributed by atoms with Crippen LogP contribution in [-0.4, -0.2) is 59.5 Å². The third-order valence-corrected chi connectivity index (χ3v) is 2.68. The molecule has 0 aromatic rings. The summed E-state index contributed by atoms with van der Waals surface area (Å²) in [5.74, 6) is -0.231. The number of aliphatic hydroxyl groups is 1. The monoisotopic (exact) mass is 230 g/mol. The number of carbonyl (C=O) groups is 2. The van der Waals surface area contributed by atoms with Gasteiger partial charge in [0.15, 0.2) is 0 Å². The zero-order valence-corrected chi connectivity index (χ0v) is 10.7. The van der Waals surface area contributed by atoms with Crippen LogP contribution in [0, 0.1) is 0 Å². The van der Waals surface area contributed by atoms with Crippen molar-refractivity contribution >= 4 is 11.8 Å². The van der Waals surface area contributed by atoms with Crippen molar-refractivity contribution in [3.05, 3.63) is 0 Å². The number of rotatable bonds is 5. The predicted molar refractivity (Wildman–Crippen MR) is 61.8 cm³/mol. The molecule has 2 unspecified atom stereocenters. The zero-order chi connectivity index (χ0) is 12.9. The summed E-state index contributed by atoms with van der Waals surface area (Å²) in [5, 5.41) is 9.85. The van der Waals surface area contributed by atoms with Gasteiger partial charge in [0, 0.05) is 27.6 Å². The van der Waals surface area contributed by atoms with E-state index in [2.05, 4.69) is 0 Å². The van der Waals surface area contributed by atoms with Crippen molar-refractivity contribution in [3.8, 4) is 0 Å². The number of hydrogen-bond donors (Lipinski definition) is 1. The van der Waals surface area contributed by atoms with Gasteiger partial charge in [-0.25, -0.2) is 0 Å². The molecule has 0 spiro atoms. The Hall–Kier alpha value is -1.10. The van der Waals surface area contributed by atoms with E-state index >= 15 is 0 Å². The lowest BCUT2D eigenvalue weighted by Crippen LogP contribution is -2.45. The first-order valence-corrected chi connectivity index (χ1v) is 5.46. The summed E-state index contributed by atoms with van der Waals surface area (Å²) in [6.07, 6.45) is -0.781. The lowest BCUT2D eigenvalue weighted by Gasteiger charge is -2.30. The highest BCUT2D eigenvalue weighted by Gasteiger charge is 2.24. The highest BCUT2D eigenvalue weighted by molar-refractivity contribution is 5.76. The first-order valence-electron chi connectivity index (χ1n) is 5.46. The van der Waals surface area contributed by atoms with Crippen LogP contribution in [0.25, 0.3) is 0 Å². The minimum Gasteiger partial charge on any atom is -0.390 e. The molecule has 0 saturated heterocycles. The summed E-state index contributed by atoms with van der Waals surface area (Å²) < 4.78 is 0. The molecule has 0 saturated carbocycles. The number of amides is 2. The maximum atomic E-state index is 11.4. The van der Waals surface area contributed by atoms with E-state index in [-0.39, 0.29) is 24.3 Å². The lowest BCUT2D eigenvalue weighted by molar-refractivity contribution is -0.137. The molecular formula is C11H22N2O3. The molecule has 16 heavy (non-hydrogen) atoms. The molecule has 1 N–H and O–H groups in total. The van der Waals surface area contributed by atoms with Gasteiger partial charge in [0.25, 0.3) is 0 Å². The van der Waals surface area contributed by atoms with Crippen LogP contribution >= 0.6 is 0 Å². The van der Waals surface area contributed by atoms with Crippen LogP contribution in [-0.2, 0) is 9.59 Å². The van der Waals surface area contributed by atoms with Crippen molar-refractivity contribution in [3.63, 3.8) is 0 Å². The number of nitrogens with zero attached hydrogens (tertiary/aromatic N) is 2. The van der Waals surface area contributed by atoms with E-state index in [1.54, 1.807) is 25.9 Å². The molecule has 2 atom stereocenters. The van der Waals surface area contributed by atoms with Gasteiger partial charge in [0.2, 0.25) is 11.8 Å². The molecule has 0 aliphatic carbocycles. The Labute approximate surface area is 97.0 Å². The van der Waals surface area contributed by atoms with Crippen molar-refractivity contribution in [2.75, 3.05) is 20.6 Å². The molecule has 2 amide bonds. The summed E-state index contributed by atoms with van der Waals surface area (Å²) in [4.78, 5) is 25.6. The molecule has 0 rings (SSSR count). The molecular weight excluding hydrogens is 208 g/mol. The van der Waals surface area contributed by atoms with Gasteiger partial charge in [-0.05, 0) is 13.8 Å². The average Bonchev–Trinajstić information content (AvgIpc) is 2.17. The molecule has 0 fully saturated rings. The SMILES string of the molecule is CCN(C(C)=O)C(C)C(O)CC(=O)N(C)C. The van der Waals surface area contributed by atoms with Crippen molar-refractivity contribution in [2.45, 2.75) is 39.3 Å². The molecule has 0 heterocycles. The minimum atomic E-state index is -0.821. The van der Waals surface area contributed by atoms with E-state index in [0.29, 0.717) is 6.54 Å². The summed E-state index contributed by atoms with van der Waals surface area (Å²) in [5.41, 5.74) is 0. The molecule has 5 heteroatoms. The van der Waals surface area contributed by atoms with Gasteiger partial charge in [0.05, 0.1) is 18.6 Å². The summed E-state index contributed by atoms with van der Waals surface area (Å²) >= 11 is 0. The zero-order valence-electron chi connectivity index (χ0n) is 10.7. The molecule has 0 aliphatic heterocycles. The van der Waals surface area contributed by atoms with Crippen molar-refractivity contribution in [1.82, 2.24) is 9.80 Å². The highest BCUT2D eigenvalue weighted by Crippen LogP contribution is 2.09. The Balaban J connectivity index is 4.42. The van der Waals surface area contributed by atoms with E-state index in [4.69, 9.17) is 0 Å². The van der Waals surface area contributed by atoms with Crippen LogP contribution in [0.1, 0.15) is 27.2 Å². The first kappa shape index (κ1) is 14.9. The van der Waals surface area contributed by atoms with Gasteiger partial charge in [-0.3, -0.25) is 9.59 Å². The van der Waals surface area contributed by atoms with Gasteiger partial charge in [-0.1, -0.05) is 0 Å². The van der Waals surface area contributed by atoms with Gasteiger partial charge in [-0.2, -0.15) is 0 Å². The Morgan fingerprint density at radius 1 is 1.31 bits per heavy atom. The summed E-state index contributed by atoms with van der Waals surface area (Å²) in [6.45, 7) is 5.58. The smallest absolute Gasteiger partial charge is 0.224 e. The van der Waals surface area contributed by atoms with Crippen molar-refractivity contribution in [2.24, 2.45) is 0 Å². The quantitative estimate of drug-likeness (QED) is 0.727. The Morgan fingerprint density at radius 2 is 1.81 bits per heavy atom. The topological polar surface area (TPSA) is 60.9 Å². The Kier molecular flexibility index (Phi) is 6.03. The van der Waals surface area contributed by atoms with Gasteiger partial charge < -0.3 is 14.9 Å². The van der Waals surface area contributed by atoms with Crippen molar-refractivity contribution in [1.29, 1.82) is 0 Å². The average molecular weight is 230 g/mol. The predicted octanol–water partition coefficient (Wildman–Crippen LogP) is 0.0825. The van der Waals surface area contributed by atoms with E-state index in [1.807, 2.05) is 6.92 Å². The van der Waals surface area contributed by atoms with Crippen LogP contribution < -0.4 is 0 Å². The van der Waals surface area contributed by atoms with Gasteiger partial charge in [0.1, 0.15) is 0 Å². The lowest BCUT2D eigenvalue weighted by atomic mass is 10.1. The molecule has 0 bridgehead atoms. The maximum absolute atomic E-state index is 11.4. The molecule has 0 radical (unpaired) electrons. The normalized spacial score (nSPS) is 14.1. The summed E-state index contributed by atoms with van der Waals surface area (Å²) in [7, 11) is 3.28. The Morgan fingerprint density at radius 3 is 2.12 bits per heavy atom. The first-order chi connectivity index (χ1) is 7.31. The fourth-order valence-corrected chi connectivity index (χ4v) is 1.54. The second kappa shape index (κ2) is 6.48. The second-order valence-corrected chi connectivity index (χ2v) is 4.11. The molecule has 94 valence electrons. The highest BCUT2D eigenvalue weighted by atomic mass is 16.3. The number of carbonyl (C=O) groups excluding carboxylic acids is 2. The van der Waals surface area contributed by atoms with Crippen LogP contribution in [0.4, 0.5) is 0 Å². The van der Waals surface area contributed by atoms with E-state index < -0.39 is 6.10 Å². The number of likely N-dealkylation sites (N-methyl/N-ethyl adjacent to an activating group) is 1. The van der Waals surface area contributed by atoms with E-state index in [1.165, 1.54) is 11.8 Å². The fourth-order valence-electron chi connectivity index (χ4n) is 1.54. The maximum Gasteiger partial charge on any atom is 0.224 e. The van der Waals surface area contributed by atoms with E-state index in [9.17, 15) is 14.7 Å². The largest absolute Gasteiger partial charge is 0.390 e. The third-order valence-electron chi connectivity index (χ3n) is 2.68. The second-order valence-electron chi connectivity index (χ2n) is 4.11. The van der Waals surface area contributed by atoms with Crippen LogP contribution in [0.5, 0.6) is 0 Å². The van der Waals surface area contributed by atoms with Gasteiger partial charge >= 0.3 is 0 Å². The molecule has 0 aromatic carbocycles. The van der Waals surface area contributed by atoms with Crippen LogP contribution in [0.15, 0.2) is 0 Å². The number of aliphatic hydroxyl groups excluding tert-OH is 1. The van der Waals surface area contributed by atoms with Gasteiger partial charge in [-0.15, -0.1) is 0 Å². The molecule has 0 aromatic heterocycles. The number of hydrogen-bond acceptors (Lipinski definition) is 3. The molecule has 5 nitrogen and oxygen atoms in total. The van der Waals surface area contributed by atoms with E-state index in [0.717, 1.165) is 0 Å². The minimum absolute atomic E-state index is 0.0396.